The van der Waals surface area contributed by atoms with Gasteiger partial charge in [-0.3, -0.25) is 0 Å². The standard InChI is InChI=1S/C17H22N2OS/c1-19(2)15(17-8-5-11-21-17)12-18-14-9-10-20-16-7-4-3-6-13(14)16/h3-8,11,14-15,18H,9-10,12H2,1-2H3. The third kappa shape index (κ3) is 3.28. The number of nitrogens with zero attached hydrogens (tertiary/aromatic N) is 1. The second-order valence-corrected chi connectivity index (χ2v) is 6.61. The minimum Gasteiger partial charge on any atom is -0.493 e. The quantitative estimate of drug-likeness (QED) is 0.915. The molecule has 1 aromatic carbocycles. The third-order valence-corrected chi connectivity index (χ3v) is 4.98. The van der Waals surface area contributed by atoms with E-state index in [4.69, 9.17) is 4.74 Å². The van der Waals surface area contributed by atoms with Crippen molar-refractivity contribution in [3.63, 3.8) is 0 Å². The lowest BCUT2D eigenvalue weighted by Crippen LogP contribution is -2.34. The molecule has 2 aromatic rings. The Morgan fingerprint density at radius 3 is 2.90 bits per heavy atom. The summed E-state index contributed by atoms with van der Waals surface area (Å²) in [5.74, 6) is 1.03. The van der Waals surface area contributed by atoms with Crippen molar-refractivity contribution in [3.05, 3.63) is 52.2 Å². The van der Waals surface area contributed by atoms with Crippen molar-refractivity contribution in [2.24, 2.45) is 0 Å². The lowest BCUT2D eigenvalue weighted by Gasteiger charge is -2.30. The molecule has 1 aromatic heterocycles. The van der Waals surface area contributed by atoms with Crippen LogP contribution < -0.4 is 10.1 Å². The van der Waals surface area contributed by atoms with Gasteiger partial charge in [-0.15, -0.1) is 11.3 Å². The van der Waals surface area contributed by atoms with Crippen molar-refractivity contribution in [2.45, 2.75) is 18.5 Å². The molecule has 21 heavy (non-hydrogen) atoms. The molecule has 0 radical (unpaired) electrons. The first-order valence-corrected chi connectivity index (χ1v) is 8.28. The van der Waals surface area contributed by atoms with E-state index in [1.54, 1.807) is 0 Å². The summed E-state index contributed by atoms with van der Waals surface area (Å²) >= 11 is 1.83. The lowest BCUT2D eigenvalue weighted by atomic mass is 10.00. The van der Waals surface area contributed by atoms with E-state index in [0.717, 1.165) is 25.3 Å². The Morgan fingerprint density at radius 1 is 1.29 bits per heavy atom. The van der Waals surface area contributed by atoms with Gasteiger partial charge in [-0.1, -0.05) is 24.3 Å². The maximum absolute atomic E-state index is 5.73. The molecule has 1 aliphatic heterocycles. The van der Waals surface area contributed by atoms with Crippen LogP contribution in [-0.4, -0.2) is 32.1 Å². The van der Waals surface area contributed by atoms with Crippen LogP contribution in [0.3, 0.4) is 0 Å². The van der Waals surface area contributed by atoms with Gasteiger partial charge >= 0.3 is 0 Å². The predicted octanol–water partition coefficient (Wildman–Crippen LogP) is 3.46. The van der Waals surface area contributed by atoms with Gasteiger partial charge in [-0.05, 0) is 31.6 Å². The third-order valence-electron chi connectivity index (χ3n) is 4.01. The molecule has 2 heterocycles. The molecule has 0 fully saturated rings. The van der Waals surface area contributed by atoms with Crippen molar-refractivity contribution in [1.29, 1.82) is 0 Å². The average molecular weight is 302 g/mol. The molecule has 3 rings (SSSR count). The summed E-state index contributed by atoms with van der Waals surface area (Å²) < 4.78 is 5.73. The summed E-state index contributed by atoms with van der Waals surface area (Å²) in [4.78, 5) is 3.69. The monoisotopic (exact) mass is 302 g/mol. The van der Waals surface area contributed by atoms with E-state index in [2.05, 4.69) is 60.0 Å². The Balaban J connectivity index is 1.70. The highest BCUT2D eigenvalue weighted by Gasteiger charge is 2.23. The number of thiophene rings is 1. The number of benzene rings is 1. The highest BCUT2D eigenvalue weighted by Crippen LogP contribution is 2.32. The van der Waals surface area contributed by atoms with E-state index in [0.29, 0.717) is 12.1 Å². The molecular formula is C17H22N2OS. The Hall–Kier alpha value is -1.36. The van der Waals surface area contributed by atoms with Gasteiger partial charge in [-0.2, -0.15) is 0 Å². The molecule has 0 saturated heterocycles. The van der Waals surface area contributed by atoms with Gasteiger partial charge in [0.05, 0.1) is 12.6 Å². The van der Waals surface area contributed by atoms with Gasteiger partial charge in [0.25, 0.3) is 0 Å². The number of likely N-dealkylation sites (N-methyl/N-ethyl adjacent to an activating group) is 1. The molecule has 2 unspecified atom stereocenters. The maximum Gasteiger partial charge on any atom is 0.124 e. The molecule has 1 N–H and O–H groups in total. The lowest BCUT2D eigenvalue weighted by molar-refractivity contribution is 0.234. The molecule has 4 heteroatoms. The van der Waals surface area contributed by atoms with Gasteiger partial charge in [0.15, 0.2) is 0 Å². The molecule has 2 atom stereocenters. The normalized spacial score (nSPS) is 19.1. The molecule has 0 aliphatic carbocycles. The Labute approximate surface area is 130 Å². The Bertz CT molecular complexity index is 568. The minimum absolute atomic E-state index is 0.386. The second kappa shape index (κ2) is 6.60. The largest absolute Gasteiger partial charge is 0.493 e. The first kappa shape index (κ1) is 14.6. The molecule has 0 amide bonds. The van der Waals surface area contributed by atoms with Gasteiger partial charge < -0.3 is 15.0 Å². The van der Waals surface area contributed by atoms with Crippen molar-refractivity contribution < 1.29 is 4.74 Å². The molecule has 1 aliphatic rings. The predicted molar refractivity (Wildman–Crippen MR) is 88.0 cm³/mol. The number of para-hydroxylation sites is 1. The van der Waals surface area contributed by atoms with Gasteiger partial charge in [0.2, 0.25) is 0 Å². The van der Waals surface area contributed by atoms with Crippen LogP contribution in [0.2, 0.25) is 0 Å². The summed E-state index contributed by atoms with van der Waals surface area (Å²) in [6.07, 6.45) is 1.03. The zero-order valence-electron chi connectivity index (χ0n) is 12.6. The van der Waals surface area contributed by atoms with Crippen molar-refractivity contribution in [3.8, 4) is 5.75 Å². The van der Waals surface area contributed by atoms with E-state index < -0.39 is 0 Å². The number of rotatable bonds is 5. The number of hydrogen-bond acceptors (Lipinski definition) is 4. The van der Waals surface area contributed by atoms with E-state index in [9.17, 15) is 0 Å². The second-order valence-electron chi connectivity index (χ2n) is 5.63. The fourth-order valence-corrected chi connectivity index (χ4v) is 3.75. The molecule has 0 saturated carbocycles. The summed E-state index contributed by atoms with van der Waals surface area (Å²) in [6, 6.07) is 13.5. The first-order valence-electron chi connectivity index (χ1n) is 7.40. The van der Waals surface area contributed by atoms with Gasteiger partial charge in [0.1, 0.15) is 5.75 Å². The minimum atomic E-state index is 0.386. The summed E-state index contributed by atoms with van der Waals surface area (Å²) in [6.45, 7) is 1.74. The highest BCUT2D eigenvalue weighted by molar-refractivity contribution is 7.10. The molecule has 0 spiro atoms. The van der Waals surface area contributed by atoms with E-state index >= 15 is 0 Å². The van der Waals surface area contributed by atoms with Crippen LogP contribution in [0.25, 0.3) is 0 Å². The van der Waals surface area contributed by atoms with Gasteiger partial charge in [0, 0.05) is 29.4 Å². The van der Waals surface area contributed by atoms with Crippen LogP contribution >= 0.6 is 11.3 Å². The number of hydrogen-bond donors (Lipinski definition) is 1. The van der Waals surface area contributed by atoms with Crippen molar-refractivity contribution >= 4 is 11.3 Å². The number of fused-ring (bicyclic) bond motifs is 1. The highest BCUT2D eigenvalue weighted by atomic mass is 32.1. The fraction of sp³-hybridized carbons (Fsp3) is 0.412. The molecule has 3 nitrogen and oxygen atoms in total. The zero-order valence-corrected chi connectivity index (χ0v) is 13.4. The molecular weight excluding hydrogens is 280 g/mol. The number of nitrogens with one attached hydrogen (secondary N) is 1. The smallest absolute Gasteiger partial charge is 0.124 e. The van der Waals surface area contributed by atoms with Crippen LogP contribution in [0, 0.1) is 0 Å². The summed E-state index contributed by atoms with van der Waals surface area (Å²) in [7, 11) is 4.29. The van der Waals surface area contributed by atoms with Crippen LogP contribution in [0.4, 0.5) is 0 Å². The van der Waals surface area contributed by atoms with Crippen LogP contribution in [0.5, 0.6) is 5.75 Å². The van der Waals surface area contributed by atoms with E-state index in [1.807, 2.05) is 17.4 Å². The number of ether oxygens (including phenoxy) is 1. The topological polar surface area (TPSA) is 24.5 Å². The SMILES string of the molecule is CN(C)C(CNC1CCOc2ccccc21)c1cccs1. The Kier molecular flexibility index (Phi) is 4.58. The summed E-state index contributed by atoms with van der Waals surface area (Å²) in [5.41, 5.74) is 1.28. The van der Waals surface area contributed by atoms with E-state index in [-0.39, 0.29) is 0 Å². The maximum atomic E-state index is 5.73. The molecule has 0 bridgehead atoms. The average Bonchev–Trinajstić information content (AvgIpc) is 3.01. The van der Waals surface area contributed by atoms with Crippen molar-refractivity contribution in [2.75, 3.05) is 27.2 Å². The van der Waals surface area contributed by atoms with Gasteiger partial charge in [-0.25, -0.2) is 0 Å². The van der Waals surface area contributed by atoms with Crippen LogP contribution in [-0.2, 0) is 0 Å². The Morgan fingerprint density at radius 2 is 2.14 bits per heavy atom. The van der Waals surface area contributed by atoms with E-state index in [1.165, 1.54) is 10.4 Å². The van der Waals surface area contributed by atoms with Crippen molar-refractivity contribution in [1.82, 2.24) is 10.2 Å². The first-order chi connectivity index (χ1) is 10.3. The molecule has 112 valence electrons. The summed E-state index contributed by atoms with van der Waals surface area (Å²) in [5, 5.41) is 5.88. The van der Waals surface area contributed by atoms with Crippen LogP contribution in [0.1, 0.15) is 28.9 Å². The zero-order chi connectivity index (χ0) is 14.7. The fourth-order valence-electron chi connectivity index (χ4n) is 2.83. The van der Waals surface area contributed by atoms with Crippen LogP contribution in [0.15, 0.2) is 41.8 Å².